The Morgan fingerprint density at radius 3 is 2.87 bits per heavy atom. The molecule has 8 heteroatoms. The summed E-state index contributed by atoms with van der Waals surface area (Å²) in [5.74, 6) is 0.556. The molecule has 0 aromatic carbocycles. The molecule has 0 fully saturated rings. The van der Waals surface area contributed by atoms with Crippen molar-refractivity contribution in [3.8, 4) is 10.7 Å². The summed E-state index contributed by atoms with van der Waals surface area (Å²) in [6.45, 7) is 0. The van der Waals surface area contributed by atoms with E-state index in [1.165, 1.54) is 6.07 Å². The molecular formula is C7H6N4O2S2. The highest BCUT2D eigenvalue weighted by molar-refractivity contribution is 7.71. The molecule has 2 heterocycles. The molecule has 0 saturated heterocycles. The molecule has 0 aliphatic heterocycles. The lowest BCUT2D eigenvalue weighted by Gasteiger charge is -1.87. The first kappa shape index (κ1) is 9.99. The van der Waals surface area contributed by atoms with Gasteiger partial charge in [-0.15, -0.1) is 0 Å². The van der Waals surface area contributed by atoms with Crippen molar-refractivity contribution in [1.82, 2.24) is 14.8 Å². The summed E-state index contributed by atoms with van der Waals surface area (Å²) in [5.41, 5.74) is 0. The predicted molar refractivity (Wildman–Crippen MR) is 58.4 cm³/mol. The van der Waals surface area contributed by atoms with E-state index >= 15 is 0 Å². The Labute approximate surface area is 93.3 Å². The molecule has 2 aromatic rings. The van der Waals surface area contributed by atoms with E-state index in [0.29, 0.717) is 15.5 Å². The molecule has 0 aliphatic carbocycles. The lowest BCUT2D eigenvalue weighted by Crippen LogP contribution is -1.88. The van der Waals surface area contributed by atoms with Crippen molar-refractivity contribution in [1.29, 1.82) is 0 Å². The fraction of sp³-hybridized carbons (Fsp3) is 0.143. The highest BCUT2D eigenvalue weighted by Gasteiger charge is 2.13. The first-order chi connectivity index (χ1) is 7.08. The van der Waals surface area contributed by atoms with Crippen LogP contribution in [0.3, 0.4) is 0 Å². The zero-order chi connectivity index (χ0) is 11.0. The fourth-order valence-corrected chi connectivity index (χ4v) is 1.96. The Balaban J connectivity index is 2.45. The Bertz CT molecular complexity index is 568. The summed E-state index contributed by atoms with van der Waals surface area (Å²) in [4.78, 5) is 14.8. The molecule has 0 atom stereocenters. The standard InChI is InChI=1S/C7H6N4O2S2/c1-10-7(14)8-6(9-10)4-2-3-5(15-4)11(12)13/h2-3H,1H3,(H,8,9,14). The van der Waals surface area contributed by atoms with Crippen LogP contribution in [0.1, 0.15) is 0 Å². The van der Waals surface area contributed by atoms with Gasteiger partial charge in [-0.3, -0.25) is 19.9 Å². The van der Waals surface area contributed by atoms with Crippen molar-refractivity contribution in [3.63, 3.8) is 0 Å². The van der Waals surface area contributed by atoms with E-state index in [9.17, 15) is 10.1 Å². The predicted octanol–water partition coefficient (Wildman–Crippen LogP) is 2.11. The molecule has 2 rings (SSSR count). The first-order valence-corrected chi connectivity index (χ1v) is 5.18. The van der Waals surface area contributed by atoms with E-state index in [-0.39, 0.29) is 5.00 Å². The average molecular weight is 242 g/mol. The van der Waals surface area contributed by atoms with Gasteiger partial charge < -0.3 is 0 Å². The van der Waals surface area contributed by atoms with Crippen LogP contribution in [-0.2, 0) is 7.05 Å². The van der Waals surface area contributed by atoms with Crippen molar-refractivity contribution >= 4 is 28.6 Å². The van der Waals surface area contributed by atoms with Crippen LogP contribution < -0.4 is 0 Å². The molecule has 78 valence electrons. The van der Waals surface area contributed by atoms with Crippen molar-refractivity contribution in [3.05, 3.63) is 27.0 Å². The zero-order valence-corrected chi connectivity index (χ0v) is 9.26. The number of nitrogens with one attached hydrogen (secondary N) is 1. The van der Waals surface area contributed by atoms with E-state index in [0.717, 1.165) is 11.3 Å². The lowest BCUT2D eigenvalue weighted by atomic mass is 10.4. The number of hydrogen-bond donors (Lipinski definition) is 1. The molecule has 6 nitrogen and oxygen atoms in total. The number of aromatic amines is 1. The van der Waals surface area contributed by atoms with Crippen LogP contribution in [0.2, 0.25) is 0 Å². The lowest BCUT2D eigenvalue weighted by molar-refractivity contribution is -0.380. The maximum absolute atomic E-state index is 10.5. The van der Waals surface area contributed by atoms with Gasteiger partial charge in [0.25, 0.3) is 0 Å². The molecule has 0 bridgehead atoms. The molecule has 0 unspecified atom stereocenters. The molecular weight excluding hydrogens is 236 g/mol. The third-order valence-corrected chi connectivity index (χ3v) is 3.18. The number of aryl methyl sites for hydroxylation is 1. The minimum absolute atomic E-state index is 0.0926. The monoisotopic (exact) mass is 242 g/mol. The van der Waals surface area contributed by atoms with Gasteiger partial charge in [-0.25, -0.2) is 0 Å². The maximum Gasteiger partial charge on any atom is 0.324 e. The molecule has 0 amide bonds. The SMILES string of the molecule is Cn1[nH]c(-c2ccc([N+](=O)[O-])s2)nc1=S. The van der Waals surface area contributed by atoms with Gasteiger partial charge in [0.05, 0.1) is 9.80 Å². The Kier molecular flexibility index (Phi) is 2.37. The van der Waals surface area contributed by atoms with Gasteiger partial charge in [0, 0.05) is 13.1 Å². The number of nitrogens with zero attached hydrogens (tertiary/aromatic N) is 3. The van der Waals surface area contributed by atoms with Gasteiger partial charge in [0.2, 0.25) is 4.77 Å². The van der Waals surface area contributed by atoms with Crippen LogP contribution in [-0.4, -0.2) is 19.7 Å². The number of H-pyrrole nitrogens is 1. The number of nitro groups is 1. The van der Waals surface area contributed by atoms with Crippen LogP contribution in [0.4, 0.5) is 5.00 Å². The molecule has 0 aliphatic rings. The number of hydrogen-bond acceptors (Lipinski definition) is 5. The second-order valence-corrected chi connectivity index (χ2v) is 4.24. The number of aromatic nitrogens is 3. The van der Waals surface area contributed by atoms with E-state index in [1.807, 2.05) is 0 Å². The van der Waals surface area contributed by atoms with Crippen LogP contribution in [0.25, 0.3) is 10.7 Å². The first-order valence-electron chi connectivity index (χ1n) is 3.95. The zero-order valence-electron chi connectivity index (χ0n) is 7.63. The highest BCUT2D eigenvalue weighted by Crippen LogP contribution is 2.30. The van der Waals surface area contributed by atoms with Gasteiger partial charge in [-0.1, -0.05) is 11.3 Å². The second kappa shape index (κ2) is 3.55. The summed E-state index contributed by atoms with van der Waals surface area (Å²) >= 11 is 5.99. The normalized spacial score (nSPS) is 10.5. The van der Waals surface area contributed by atoms with Gasteiger partial charge >= 0.3 is 5.00 Å². The van der Waals surface area contributed by atoms with E-state index in [4.69, 9.17) is 12.2 Å². The van der Waals surface area contributed by atoms with E-state index in [1.54, 1.807) is 17.8 Å². The quantitative estimate of drug-likeness (QED) is 0.497. The molecule has 0 spiro atoms. The maximum atomic E-state index is 10.5. The number of thiophene rings is 1. The fourth-order valence-electron chi connectivity index (χ4n) is 1.07. The third-order valence-electron chi connectivity index (χ3n) is 1.77. The number of rotatable bonds is 2. The molecule has 2 aromatic heterocycles. The average Bonchev–Trinajstić information content (AvgIpc) is 2.74. The summed E-state index contributed by atoms with van der Waals surface area (Å²) in [6.07, 6.45) is 0. The van der Waals surface area contributed by atoms with E-state index < -0.39 is 4.92 Å². The van der Waals surface area contributed by atoms with Gasteiger partial charge in [-0.05, 0) is 18.3 Å². The van der Waals surface area contributed by atoms with Crippen LogP contribution in [0, 0.1) is 14.9 Å². The highest BCUT2D eigenvalue weighted by atomic mass is 32.1. The largest absolute Gasteiger partial charge is 0.324 e. The molecule has 0 saturated carbocycles. The summed E-state index contributed by atoms with van der Waals surface area (Å²) < 4.78 is 2.00. The Morgan fingerprint density at radius 2 is 2.40 bits per heavy atom. The molecule has 1 N–H and O–H groups in total. The summed E-state index contributed by atoms with van der Waals surface area (Å²) in [7, 11) is 1.74. The van der Waals surface area contributed by atoms with Crippen molar-refractivity contribution in [2.45, 2.75) is 0 Å². The van der Waals surface area contributed by atoms with Crippen LogP contribution in [0.15, 0.2) is 12.1 Å². The van der Waals surface area contributed by atoms with Crippen molar-refractivity contribution in [2.24, 2.45) is 7.05 Å². The molecule has 0 radical (unpaired) electrons. The second-order valence-electron chi connectivity index (χ2n) is 2.81. The topological polar surface area (TPSA) is 76.8 Å². The minimum atomic E-state index is -0.425. The molecule has 15 heavy (non-hydrogen) atoms. The van der Waals surface area contributed by atoms with Gasteiger partial charge in [0.1, 0.15) is 0 Å². The van der Waals surface area contributed by atoms with Crippen molar-refractivity contribution in [2.75, 3.05) is 0 Å². The summed E-state index contributed by atoms with van der Waals surface area (Å²) in [6, 6.07) is 3.10. The van der Waals surface area contributed by atoms with Crippen LogP contribution in [0.5, 0.6) is 0 Å². The van der Waals surface area contributed by atoms with Crippen LogP contribution >= 0.6 is 23.6 Å². The minimum Gasteiger partial charge on any atom is -0.279 e. The van der Waals surface area contributed by atoms with E-state index in [2.05, 4.69) is 10.1 Å². The van der Waals surface area contributed by atoms with Crippen molar-refractivity contribution < 1.29 is 4.92 Å². The summed E-state index contributed by atoms with van der Waals surface area (Å²) in [5, 5.41) is 13.5. The third kappa shape index (κ3) is 1.81. The Hall–Kier alpha value is -1.54. The van der Waals surface area contributed by atoms with Gasteiger partial charge in [-0.2, -0.15) is 4.98 Å². The van der Waals surface area contributed by atoms with Gasteiger partial charge in [0.15, 0.2) is 5.82 Å². The Morgan fingerprint density at radius 1 is 1.67 bits per heavy atom. The smallest absolute Gasteiger partial charge is 0.279 e.